The van der Waals surface area contributed by atoms with Gasteiger partial charge in [0, 0.05) is 23.2 Å². The monoisotopic (exact) mass is 191 g/mol. The summed E-state index contributed by atoms with van der Waals surface area (Å²) in [5.41, 5.74) is 4.05. The van der Waals surface area contributed by atoms with E-state index in [1.165, 1.54) is 16.8 Å². The third kappa shape index (κ3) is 1.17. The Morgan fingerprint density at radius 3 is 2.71 bits per heavy atom. The number of anilines is 1. The molecule has 0 fully saturated rings. The Hall–Kier alpha value is -1.18. The molecule has 1 aromatic rings. The van der Waals surface area contributed by atoms with E-state index in [4.69, 9.17) is 4.74 Å². The largest absolute Gasteiger partial charge is 0.496 e. The first-order chi connectivity index (χ1) is 6.56. The summed E-state index contributed by atoms with van der Waals surface area (Å²) < 4.78 is 5.41. The highest BCUT2D eigenvalue weighted by Crippen LogP contribution is 2.43. The zero-order valence-corrected chi connectivity index (χ0v) is 9.27. The summed E-state index contributed by atoms with van der Waals surface area (Å²) in [6, 6.07) is 4.16. The number of ether oxygens (including phenoxy) is 1. The molecule has 2 rings (SSSR count). The highest BCUT2D eigenvalue weighted by atomic mass is 16.5. The van der Waals surface area contributed by atoms with Crippen LogP contribution in [-0.2, 0) is 5.41 Å². The van der Waals surface area contributed by atoms with Crippen LogP contribution in [0.1, 0.15) is 25.0 Å². The fraction of sp³-hybridized carbons (Fsp3) is 0.500. The molecule has 0 radical (unpaired) electrons. The summed E-state index contributed by atoms with van der Waals surface area (Å²) in [5.74, 6) is 1.00. The lowest BCUT2D eigenvalue weighted by Gasteiger charge is -2.20. The number of fused-ring (bicyclic) bond motifs is 1. The molecule has 0 aromatic heterocycles. The fourth-order valence-corrected chi connectivity index (χ4v) is 2.16. The van der Waals surface area contributed by atoms with Crippen LogP contribution in [0.25, 0.3) is 0 Å². The zero-order chi connectivity index (χ0) is 10.3. The van der Waals surface area contributed by atoms with Crippen molar-refractivity contribution in [1.29, 1.82) is 0 Å². The summed E-state index contributed by atoms with van der Waals surface area (Å²) in [5, 5.41) is 3.45. The van der Waals surface area contributed by atoms with Crippen LogP contribution in [0.15, 0.2) is 12.1 Å². The van der Waals surface area contributed by atoms with Crippen molar-refractivity contribution in [2.24, 2.45) is 0 Å². The van der Waals surface area contributed by atoms with E-state index in [9.17, 15) is 0 Å². The van der Waals surface area contributed by atoms with Gasteiger partial charge in [0.2, 0.25) is 0 Å². The molecule has 1 aliphatic rings. The van der Waals surface area contributed by atoms with Gasteiger partial charge in [-0.2, -0.15) is 0 Å². The lowest BCUT2D eigenvalue weighted by atomic mass is 9.85. The molecule has 0 saturated heterocycles. The Labute approximate surface area is 85.3 Å². The van der Waals surface area contributed by atoms with E-state index in [1.807, 2.05) is 0 Å². The SMILES string of the molecule is COc1ccc(C)c2c1C(C)(C)CN2. The zero-order valence-electron chi connectivity index (χ0n) is 9.27. The number of nitrogens with one attached hydrogen (secondary N) is 1. The highest BCUT2D eigenvalue weighted by molar-refractivity contribution is 5.69. The van der Waals surface area contributed by atoms with Crippen molar-refractivity contribution in [3.05, 3.63) is 23.3 Å². The standard InChI is InChI=1S/C12H17NO/c1-8-5-6-9(14-4)10-11(8)13-7-12(10,2)3/h5-6,13H,7H2,1-4H3. The Morgan fingerprint density at radius 1 is 1.36 bits per heavy atom. The molecule has 14 heavy (non-hydrogen) atoms. The average molecular weight is 191 g/mol. The molecule has 1 aromatic carbocycles. The minimum Gasteiger partial charge on any atom is -0.496 e. The van der Waals surface area contributed by atoms with Crippen molar-refractivity contribution in [2.75, 3.05) is 19.0 Å². The molecule has 1 N–H and O–H groups in total. The third-order valence-electron chi connectivity index (χ3n) is 2.98. The predicted molar refractivity (Wildman–Crippen MR) is 59.2 cm³/mol. The van der Waals surface area contributed by atoms with Crippen LogP contribution in [0, 0.1) is 6.92 Å². The molecule has 0 spiro atoms. The van der Waals surface area contributed by atoms with Crippen LogP contribution in [0.5, 0.6) is 5.75 Å². The van der Waals surface area contributed by atoms with Gasteiger partial charge >= 0.3 is 0 Å². The average Bonchev–Trinajstić information content (AvgIpc) is 2.45. The number of benzene rings is 1. The first-order valence-corrected chi connectivity index (χ1v) is 4.98. The predicted octanol–water partition coefficient (Wildman–Crippen LogP) is 2.71. The molecule has 0 aliphatic carbocycles. The first-order valence-electron chi connectivity index (χ1n) is 4.98. The van der Waals surface area contributed by atoms with E-state index >= 15 is 0 Å². The van der Waals surface area contributed by atoms with Crippen LogP contribution in [0.4, 0.5) is 5.69 Å². The topological polar surface area (TPSA) is 21.3 Å². The van der Waals surface area contributed by atoms with Crippen molar-refractivity contribution in [3.63, 3.8) is 0 Å². The molecule has 0 saturated carbocycles. The number of hydrogen-bond donors (Lipinski definition) is 1. The van der Waals surface area contributed by atoms with Gasteiger partial charge in [-0.25, -0.2) is 0 Å². The van der Waals surface area contributed by atoms with E-state index in [0.717, 1.165) is 12.3 Å². The Kier molecular flexibility index (Phi) is 1.95. The van der Waals surface area contributed by atoms with Gasteiger partial charge in [0.1, 0.15) is 5.75 Å². The number of aryl methyl sites for hydroxylation is 1. The Morgan fingerprint density at radius 2 is 2.07 bits per heavy atom. The molecule has 76 valence electrons. The van der Waals surface area contributed by atoms with Crippen molar-refractivity contribution in [3.8, 4) is 5.75 Å². The van der Waals surface area contributed by atoms with Gasteiger partial charge in [0.25, 0.3) is 0 Å². The lowest BCUT2D eigenvalue weighted by Crippen LogP contribution is -2.19. The molecule has 2 heteroatoms. The van der Waals surface area contributed by atoms with Crippen molar-refractivity contribution in [1.82, 2.24) is 0 Å². The van der Waals surface area contributed by atoms with Gasteiger partial charge in [-0.1, -0.05) is 19.9 Å². The molecule has 0 atom stereocenters. The normalized spacial score (nSPS) is 17.4. The summed E-state index contributed by atoms with van der Waals surface area (Å²) in [6.45, 7) is 7.61. The fourth-order valence-electron chi connectivity index (χ4n) is 2.16. The number of rotatable bonds is 1. The van der Waals surface area contributed by atoms with Gasteiger partial charge < -0.3 is 10.1 Å². The van der Waals surface area contributed by atoms with Crippen molar-refractivity contribution < 1.29 is 4.74 Å². The Bertz CT molecular complexity index is 369. The van der Waals surface area contributed by atoms with E-state index in [-0.39, 0.29) is 5.41 Å². The van der Waals surface area contributed by atoms with Gasteiger partial charge in [0.05, 0.1) is 7.11 Å². The van der Waals surface area contributed by atoms with Gasteiger partial charge in [-0.05, 0) is 18.6 Å². The van der Waals surface area contributed by atoms with E-state index < -0.39 is 0 Å². The summed E-state index contributed by atoms with van der Waals surface area (Å²) in [4.78, 5) is 0. The minimum absolute atomic E-state index is 0.173. The van der Waals surface area contributed by atoms with Crippen LogP contribution in [0.2, 0.25) is 0 Å². The van der Waals surface area contributed by atoms with Gasteiger partial charge in [-0.15, -0.1) is 0 Å². The highest BCUT2D eigenvalue weighted by Gasteiger charge is 2.33. The summed E-state index contributed by atoms with van der Waals surface area (Å²) in [7, 11) is 1.74. The molecular formula is C12H17NO. The van der Waals surface area contributed by atoms with Crippen LogP contribution in [-0.4, -0.2) is 13.7 Å². The molecule has 0 amide bonds. The van der Waals surface area contributed by atoms with E-state index in [0.29, 0.717) is 0 Å². The summed E-state index contributed by atoms with van der Waals surface area (Å²) >= 11 is 0. The molecule has 1 heterocycles. The van der Waals surface area contributed by atoms with Crippen molar-refractivity contribution >= 4 is 5.69 Å². The van der Waals surface area contributed by atoms with Gasteiger partial charge in [0.15, 0.2) is 0 Å². The second-order valence-electron chi connectivity index (χ2n) is 4.57. The van der Waals surface area contributed by atoms with E-state index in [1.54, 1.807) is 7.11 Å². The quantitative estimate of drug-likeness (QED) is 0.737. The van der Waals surface area contributed by atoms with Crippen LogP contribution >= 0.6 is 0 Å². The second kappa shape index (κ2) is 2.91. The first kappa shape index (κ1) is 9.38. The summed E-state index contributed by atoms with van der Waals surface area (Å²) in [6.07, 6.45) is 0. The molecule has 1 aliphatic heterocycles. The second-order valence-corrected chi connectivity index (χ2v) is 4.57. The van der Waals surface area contributed by atoms with Crippen LogP contribution in [0.3, 0.4) is 0 Å². The maximum absolute atomic E-state index is 5.41. The van der Waals surface area contributed by atoms with Crippen molar-refractivity contribution in [2.45, 2.75) is 26.2 Å². The van der Waals surface area contributed by atoms with Crippen LogP contribution < -0.4 is 10.1 Å². The molecular weight excluding hydrogens is 174 g/mol. The lowest BCUT2D eigenvalue weighted by molar-refractivity contribution is 0.399. The number of methoxy groups -OCH3 is 1. The maximum atomic E-state index is 5.41. The van der Waals surface area contributed by atoms with E-state index in [2.05, 4.69) is 38.2 Å². The Balaban J connectivity index is 2.66. The molecule has 2 nitrogen and oxygen atoms in total. The molecule has 0 bridgehead atoms. The minimum atomic E-state index is 0.173. The molecule has 0 unspecified atom stereocenters. The third-order valence-corrected chi connectivity index (χ3v) is 2.98. The smallest absolute Gasteiger partial charge is 0.124 e. The van der Waals surface area contributed by atoms with Gasteiger partial charge in [-0.3, -0.25) is 0 Å². The maximum Gasteiger partial charge on any atom is 0.124 e. The number of hydrogen-bond acceptors (Lipinski definition) is 2.